The Morgan fingerprint density at radius 2 is 2.09 bits per heavy atom. The minimum Gasteiger partial charge on any atom is -0.481 e. The second kappa shape index (κ2) is 5.96. The molecular weight excluding hydrogens is 366 g/mol. The number of hydrogen-bond acceptors (Lipinski definition) is 3. The predicted molar refractivity (Wildman–Crippen MR) is 84.3 cm³/mol. The summed E-state index contributed by atoms with van der Waals surface area (Å²) in [5.41, 5.74) is 2.54. The largest absolute Gasteiger partial charge is 0.481 e. The lowest BCUT2D eigenvalue weighted by Crippen LogP contribution is -2.44. The normalized spacial score (nSPS) is 20.3. The molecule has 1 aromatic carbocycles. The molecule has 2 unspecified atom stereocenters. The number of aliphatic carboxylic acids is 2. The van der Waals surface area contributed by atoms with Gasteiger partial charge in [-0.25, -0.2) is 4.79 Å². The van der Waals surface area contributed by atoms with E-state index in [0.29, 0.717) is 12.0 Å². The van der Waals surface area contributed by atoms with Crippen LogP contribution >= 0.6 is 15.9 Å². The van der Waals surface area contributed by atoms with E-state index in [-0.39, 0.29) is 24.8 Å². The van der Waals surface area contributed by atoms with Crippen molar-refractivity contribution in [1.29, 1.82) is 0 Å². The summed E-state index contributed by atoms with van der Waals surface area (Å²) >= 11 is 3.40. The molecule has 7 heteroatoms. The van der Waals surface area contributed by atoms with Crippen LogP contribution in [-0.2, 0) is 16.0 Å². The van der Waals surface area contributed by atoms with Gasteiger partial charge in [-0.2, -0.15) is 0 Å². The molecule has 2 N–H and O–H groups in total. The second-order valence-corrected chi connectivity index (χ2v) is 6.85. The molecule has 0 spiro atoms. The summed E-state index contributed by atoms with van der Waals surface area (Å²) in [5, 5.41) is 18.3. The zero-order valence-corrected chi connectivity index (χ0v) is 13.9. The Balaban J connectivity index is 2.01. The summed E-state index contributed by atoms with van der Waals surface area (Å²) in [7, 11) is 0. The molecule has 122 valence electrons. The second-order valence-electron chi connectivity index (χ2n) is 5.93. The van der Waals surface area contributed by atoms with Crippen LogP contribution in [0.3, 0.4) is 0 Å². The summed E-state index contributed by atoms with van der Waals surface area (Å²) in [6, 6.07) is 2.34. The fourth-order valence-electron chi connectivity index (χ4n) is 3.64. The third kappa shape index (κ3) is 2.73. The minimum atomic E-state index is -1.15. The molecule has 0 radical (unpaired) electrons. The number of carbonyl (C=O) groups is 3. The van der Waals surface area contributed by atoms with E-state index in [1.165, 1.54) is 4.90 Å². The lowest BCUT2D eigenvalue weighted by atomic mass is 9.86. The van der Waals surface area contributed by atoms with E-state index in [4.69, 9.17) is 5.11 Å². The standard InChI is InChI=1S/C16H16BrNO5/c17-9-6-8-2-1-3-11-14(8)10(7-9)15(21)18(11)12(16(22)23)4-5-13(19)20/h6-7,11-12H,1-5H2,(H,19,20)(H,22,23). The van der Waals surface area contributed by atoms with Crippen LogP contribution < -0.4 is 0 Å². The van der Waals surface area contributed by atoms with Gasteiger partial charge in [0.15, 0.2) is 0 Å². The van der Waals surface area contributed by atoms with Gasteiger partial charge < -0.3 is 15.1 Å². The van der Waals surface area contributed by atoms with Crippen molar-refractivity contribution in [3.63, 3.8) is 0 Å². The summed E-state index contributed by atoms with van der Waals surface area (Å²) < 4.78 is 0.805. The summed E-state index contributed by atoms with van der Waals surface area (Å²) in [6.07, 6.45) is 2.09. The highest BCUT2D eigenvalue weighted by atomic mass is 79.9. The number of amides is 1. The van der Waals surface area contributed by atoms with Gasteiger partial charge in [-0.05, 0) is 48.9 Å². The Morgan fingerprint density at radius 3 is 2.74 bits per heavy atom. The molecule has 1 aliphatic heterocycles. The number of halogens is 1. The van der Waals surface area contributed by atoms with E-state index < -0.39 is 18.0 Å². The molecule has 0 bridgehead atoms. The van der Waals surface area contributed by atoms with Gasteiger partial charge in [-0.1, -0.05) is 15.9 Å². The average Bonchev–Trinajstić information content (AvgIpc) is 2.74. The number of benzene rings is 1. The maximum absolute atomic E-state index is 12.8. The van der Waals surface area contributed by atoms with Crippen LogP contribution in [0.25, 0.3) is 0 Å². The van der Waals surface area contributed by atoms with Crippen LogP contribution in [0, 0.1) is 0 Å². The first-order valence-corrected chi connectivity index (χ1v) is 8.29. The van der Waals surface area contributed by atoms with Crippen LogP contribution in [0.4, 0.5) is 0 Å². The monoisotopic (exact) mass is 381 g/mol. The highest BCUT2D eigenvalue weighted by Gasteiger charge is 2.45. The van der Waals surface area contributed by atoms with E-state index in [0.717, 1.165) is 28.4 Å². The fraction of sp³-hybridized carbons (Fsp3) is 0.438. The minimum absolute atomic E-state index is 0.0859. The molecule has 23 heavy (non-hydrogen) atoms. The van der Waals surface area contributed by atoms with Crippen molar-refractivity contribution in [2.45, 2.75) is 44.2 Å². The lowest BCUT2D eigenvalue weighted by molar-refractivity contribution is -0.144. The predicted octanol–water partition coefficient (Wildman–Crippen LogP) is 2.60. The number of carboxylic acid groups (broad SMARTS) is 2. The van der Waals surface area contributed by atoms with Crippen molar-refractivity contribution < 1.29 is 24.6 Å². The van der Waals surface area contributed by atoms with Crippen LogP contribution in [-0.4, -0.2) is 39.0 Å². The van der Waals surface area contributed by atoms with Gasteiger partial charge in [-0.15, -0.1) is 0 Å². The van der Waals surface area contributed by atoms with Crippen molar-refractivity contribution >= 4 is 33.8 Å². The number of carboxylic acids is 2. The van der Waals surface area contributed by atoms with E-state index in [1.807, 2.05) is 6.07 Å². The third-order valence-electron chi connectivity index (χ3n) is 4.54. The van der Waals surface area contributed by atoms with Crippen LogP contribution in [0.2, 0.25) is 0 Å². The van der Waals surface area contributed by atoms with Crippen molar-refractivity contribution in [3.8, 4) is 0 Å². The van der Waals surface area contributed by atoms with Gasteiger partial charge in [0.25, 0.3) is 5.91 Å². The average molecular weight is 382 g/mol. The van der Waals surface area contributed by atoms with Gasteiger partial charge >= 0.3 is 11.9 Å². The topological polar surface area (TPSA) is 94.9 Å². The van der Waals surface area contributed by atoms with E-state index in [9.17, 15) is 19.5 Å². The lowest BCUT2D eigenvalue weighted by Gasteiger charge is -2.33. The van der Waals surface area contributed by atoms with Gasteiger partial charge in [0.1, 0.15) is 6.04 Å². The molecule has 0 saturated carbocycles. The Hall–Kier alpha value is -1.89. The summed E-state index contributed by atoms with van der Waals surface area (Å²) in [5.74, 6) is -2.53. The molecule has 0 aromatic heterocycles. The maximum atomic E-state index is 12.8. The van der Waals surface area contributed by atoms with Gasteiger partial charge in [0.05, 0.1) is 6.04 Å². The number of aryl methyl sites for hydroxylation is 1. The van der Waals surface area contributed by atoms with Gasteiger partial charge in [0, 0.05) is 16.5 Å². The summed E-state index contributed by atoms with van der Waals surface area (Å²) in [6.45, 7) is 0. The third-order valence-corrected chi connectivity index (χ3v) is 5.00. The van der Waals surface area contributed by atoms with Crippen molar-refractivity contribution in [1.82, 2.24) is 4.90 Å². The zero-order valence-electron chi connectivity index (χ0n) is 12.3. The first kappa shape index (κ1) is 16.0. The Morgan fingerprint density at radius 1 is 1.35 bits per heavy atom. The number of hydrogen-bond donors (Lipinski definition) is 2. The van der Waals surface area contributed by atoms with Crippen molar-refractivity contribution in [2.75, 3.05) is 0 Å². The van der Waals surface area contributed by atoms with Crippen LogP contribution in [0.5, 0.6) is 0 Å². The quantitative estimate of drug-likeness (QED) is 0.817. The number of rotatable bonds is 5. The highest BCUT2D eigenvalue weighted by Crippen LogP contribution is 2.45. The number of nitrogens with zero attached hydrogens (tertiary/aromatic N) is 1. The molecule has 0 saturated heterocycles. The van der Waals surface area contributed by atoms with Gasteiger partial charge in [0.2, 0.25) is 0 Å². The van der Waals surface area contributed by atoms with Gasteiger partial charge in [-0.3, -0.25) is 9.59 Å². The SMILES string of the molecule is O=C(O)CCC(C(=O)O)N1C(=O)c2cc(Br)cc3c2C1CCC3. The molecule has 1 aromatic rings. The molecule has 6 nitrogen and oxygen atoms in total. The molecule has 2 atom stereocenters. The Bertz CT molecular complexity index is 702. The van der Waals surface area contributed by atoms with Crippen LogP contribution in [0.15, 0.2) is 16.6 Å². The molecule has 3 rings (SSSR count). The maximum Gasteiger partial charge on any atom is 0.326 e. The van der Waals surface area contributed by atoms with Crippen molar-refractivity contribution in [2.24, 2.45) is 0 Å². The summed E-state index contributed by atoms with van der Waals surface area (Å²) in [4.78, 5) is 36.6. The van der Waals surface area contributed by atoms with E-state index in [1.54, 1.807) is 6.07 Å². The molecular formula is C16H16BrNO5. The Labute approximate surface area is 141 Å². The number of carbonyl (C=O) groups excluding carboxylic acids is 1. The zero-order chi connectivity index (χ0) is 16.7. The Kier molecular flexibility index (Phi) is 4.14. The molecule has 2 aliphatic rings. The van der Waals surface area contributed by atoms with Crippen molar-refractivity contribution in [3.05, 3.63) is 33.3 Å². The van der Waals surface area contributed by atoms with E-state index >= 15 is 0 Å². The van der Waals surface area contributed by atoms with Crippen LogP contribution in [0.1, 0.15) is 53.2 Å². The first-order valence-electron chi connectivity index (χ1n) is 7.49. The first-order chi connectivity index (χ1) is 10.9. The van der Waals surface area contributed by atoms with E-state index in [2.05, 4.69) is 15.9 Å². The smallest absolute Gasteiger partial charge is 0.326 e. The molecule has 1 heterocycles. The fourth-order valence-corrected chi connectivity index (χ4v) is 4.15. The molecule has 1 amide bonds. The highest BCUT2D eigenvalue weighted by molar-refractivity contribution is 9.10. The molecule has 1 aliphatic carbocycles. The molecule has 0 fully saturated rings.